The zero-order valence-electron chi connectivity index (χ0n) is 10.1. The van der Waals surface area contributed by atoms with Crippen molar-refractivity contribution >= 4 is 20.4 Å². The summed E-state index contributed by atoms with van der Waals surface area (Å²) in [6, 6.07) is 20.7. The van der Waals surface area contributed by atoms with Gasteiger partial charge in [0.25, 0.3) is 0 Å². The van der Waals surface area contributed by atoms with Crippen LogP contribution in [0.2, 0.25) is 0 Å². The molecule has 92 valence electrons. The first-order chi connectivity index (χ1) is 8.86. The minimum atomic E-state index is 0.852. The second kappa shape index (κ2) is 7.14. The van der Waals surface area contributed by atoms with Crippen molar-refractivity contribution in [2.75, 3.05) is 6.54 Å². The number of rotatable bonds is 5. The van der Waals surface area contributed by atoms with Gasteiger partial charge in [-0.15, -0.1) is 0 Å². The van der Waals surface area contributed by atoms with Gasteiger partial charge in [-0.2, -0.15) is 0 Å². The SMILES string of the molecule is Br/C(=C\CNCc1ccccc1)c1ccccc1. The third kappa shape index (κ3) is 4.13. The average molecular weight is 302 g/mol. The predicted molar refractivity (Wildman–Crippen MR) is 81.5 cm³/mol. The molecular formula is C16H16BrN. The van der Waals surface area contributed by atoms with E-state index < -0.39 is 0 Å². The van der Waals surface area contributed by atoms with Gasteiger partial charge in [-0.3, -0.25) is 0 Å². The first-order valence-electron chi connectivity index (χ1n) is 6.02. The normalized spacial score (nSPS) is 11.5. The molecule has 0 aliphatic heterocycles. The highest BCUT2D eigenvalue weighted by Crippen LogP contribution is 2.19. The van der Waals surface area contributed by atoms with Crippen molar-refractivity contribution in [2.45, 2.75) is 6.54 Å². The van der Waals surface area contributed by atoms with Crippen molar-refractivity contribution in [2.24, 2.45) is 0 Å². The number of hydrogen-bond acceptors (Lipinski definition) is 1. The first kappa shape index (κ1) is 13.1. The van der Waals surface area contributed by atoms with Crippen LogP contribution in [0, 0.1) is 0 Å². The van der Waals surface area contributed by atoms with Crippen LogP contribution in [0.4, 0.5) is 0 Å². The summed E-state index contributed by atoms with van der Waals surface area (Å²) < 4.78 is 1.13. The Balaban J connectivity index is 1.81. The van der Waals surface area contributed by atoms with Crippen molar-refractivity contribution in [1.29, 1.82) is 0 Å². The molecular weight excluding hydrogens is 286 g/mol. The van der Waals surface area contributed by atoms with Crippen LogP contribution in [0.15, 0.2) is 66.7 Å². The third-order valence-corrected chi connectivity index (χ3v) is 3.43. The van der Waals surface area contributed by atoms with Gasteiger partial charge in [-0.05, 0) is 11.1 Å². The molecule has 0 aliphatic carbocycles. The molecule has 0 fully saturated rings. The lowest BCUT2D eigenvalue weighted by Crippen LogP contribution is -2.12. The molecule has 2 heteroatoms. The Bertz CT molecular complexity index is 491. The van der Waals surface area contributed by atoms with E-state index in [-0.39, 0.29) is 0 Å². The molecule has 0 amide bonds. The Morgan fingerprint density at radius 1 is 0.944 bits per heavy atom. The van der Waals surface area contributed by atoms with Gasteiger partial charge >= 0.3 is 0 Å². The molecule has 2 rings (SSSR count). The molecule has 0 aromatic heterocycles. The molecule has 2 aromatic rings. The van der Waals surface area contributed by atoms with E-state index in [2.05, 4.69) is 63.7 Å². The molecule has 0 saturated heterocycles. The molecule has 0 atom stereocenters. The van der Waals surface area contributed by atoms with E-state index in [0.29, 0.717) is 0 Å². The topological polar surface area (TPSA) is 12.0 Å². The lowest BCUT2D eigenvalue weighted by Gasteiger charge is -2.03. The maximum atomic E-state index is 3.59. The summed E-state index contributed by atoms with van der Waals surface area (Å²) in [6.45, 7) is 1.75. The summed E-state index contributed by atoms with van der Waals surface area (Å²) in [5.41, 5.74) is 2.51. The largest absolute Gasteiger partial charge is 0.309 e. The van der Waals surface area contributed by atoms with E-state index in [1.165, 1.54) is 11.1 Å². The van der Waals surface area contributed by atoms with Crippen LogP contribution in [-0.2, 0) is 6.54 Å². The zero-order valence-corrected chi connectivity index (χ0v) is 11.7. The van der Waals surface area contributed by atoms with Crippen LogP contribution in [0.25, 0.3) is 4.48 Å². The van der Waals surface area contributed by atoms with Crippen LogP contribution in [-0.4, -0.2) is 6.54 Å². The van der Waals surface area contributed by atoms with Gasteiger partial charge in [0.1, 0.15) is 0 Å². The standard InChI is InChI=1S/C16H16BrN/c17-16(15-9-5-2-6-10-15)11-12-18-13-14-7-3-1-4-8-14/h1-11,18H,12-13H2/b16-11-. The number of benzene rings is 2. The Kier molecular flexibility index (Phi) is 5.18. The summed E-state index contributed by atoms with van der Waals surface area (Å²) in [5, 5.41) is 3.40. The van der Waals surface area contributed by atoms with Gasteiger partial charge in [-0.1, -0.05) is 82.7 Å². The van der Waals surface area contributed by atoms with Gasteiger partial charge in [0, 0.05) is 17.6 Å². The zero-order chi connectivity index (χ0) is 12.6. The van der Waals surface area contributed by atoms with Gasteiger partial charge in [-0.25, -0.2) is 0 Å². The molecule has 0 radical (unpaired) electrons. The molecule has 0 heterocycles. The van der Waals surface area contributed by atoms with Crippen molar-refractivity contribution in [3.05, 3.63) is 77.9 Å². The van der Waals surface area contributed by atoms with Gasteiger partial charge < -0.3 is 5.32 Å². The first-order valence-corrected chi connectivity index (χ1v) is 6.81. The van der Waals surface area contributed by atoms with E-state index in [1.807, 2.05) is 24.3 Å². The fourth-order valence-corrected chi connectivity index (χ4v) is 2.12. The molecule has 1 nitrogen and oxygen atoms in total. The highest BCUT2D eigenvalue weighted by molar-refractivity contribution is 9.15. The minimum absolute atomic E-state index is 0.852. The maximum absolute atomic E-state index is 3.59. The summed E-state index contributed by atoms with van der Waals surface area (Å²) in [4.78, 5) is 0. The van der Waals surface area contributed by atoms with E-state index in [9.17, 15) is 0 Å². The van der Waals surface area contributed by atoms with Gasteiger partial charge in [0.2, 0.25) is 0 Å². The van der Waals surface area contributed by atoms with E-state index in [4.69, 9.17) is 0 Å². The van der Waals surface area contributed by atoms with E-state index in [1.54, 1.807) is 0 Å². The molecule has 1 N–H and O–H groups in total. The monoisotopic (exact) mass is 301 g/mol. The quantitative estimate of drug-likeness (QED) is 0.816. The molecule has 0 spiro atoms. The van der Waals surface area contributed by atoms with Crippen LogP contribution in [0.3, 0.4) is 0 Å². The Hall–Kier alpha value is -1.38. The van der Waals surface area contributed by atoms with Crippen LogP contribution >= 0.6 is 15.9 Å². The van der Waals surface area contributed by atoms with Crippen molar-refractivity contribution in [3.63, 3.8) is 0 Å². The molecule has 0 unspecified atom stereocenters. The molecule has 0 bridgehead atoms. The molecule has 0 saturated carbocycles. The second-order valence-corrected chi connectivity index (χ2v) is 4.89. The summed E-state index contributed by atoms with van der Waals surface area (Å²) in [7, 11) is 0. The molecule has 18 heavy (non-hydrogen) atoms. The summed E-state index contributed by atoms with van der Waals surface area (Å²) >= 11 is 3.59. The van der Waals surface area contributed by atoms with Crippen molar-refractivity contribution in [3.8, 4) is 0 Å². The summed E-state index contributed by atoms with van der Waals surface area (Å²) in [6.07, 6.45) is 2.15. The van der Waals surface area contributed by atoms with Gasteiger partial charge in [0.05, 0.1) is 0 Å². The van der Waals surface area contributed by atoms with E-state index in [0.717, 1.165) is 17.6 Å². The lowest BCUT2D eigenvalue weighted by molar-refractivity contribution is 0.761. The third-order valence-electron chi connectivity index (χ3n) is 2.65. The number of nitrogens with one attached hydrogen (secondary N) is 1. The Labute approximate surface area is 117 Å². The lowest BCUT2D eigenvalue weighted by atomic mass is 10.2. The highest BCUT2D eigenvalue weighted by Gasteiger charge is 1.95. The Morgan fingerprint density at radius 2 is 1.56 bits per heavy atom. The van der Waals surface area contributed by atoms with Crippen molar-refractivity contribution in [1.82, 2.24) is 5.32 Å². The predicted octanol–water partition coefficient (Wildman–Crippen LogP) is 4.21. The maximum Gasteiger partial charge on any atom is 0.0220 e. The minimum Gasteiger partial charge on any atom is -0.309 e. The Morgan fingerprint density at radius 3 is 2.22 bits per heavy atom. The van der Waals surface area contributed by atoms with Crippen molar-refractivity contribution < 1.29 is 0 Å². The summed E-state index contributed by atoms with van der Waals surface area (Å²) in [5.74, 6) is 0. The second-order valence-electron chi connectivity index (χ2n) is 4.03. The molecule has 2 aromatic carbocycles. The number of halogens is 1. The average Bonchev–Trinajstić information content (AvgIpc) is 2.45. The number of hydrogen-bond donors (Lipinski definition) is 1. The van der Waals surface area contributed by atoms with Gasteiger partial charge in [0.15, 0.2) is 0 Å². The van der Waals surface area contributed by atoms with E-state index >= 15 is 0 Å². The highest BCUT2D eigenvalue weighted by atomic mass is 79.9. The molecule has 0 aliphatic rings. The van der Waals surface area contributed by atoms with Crippen LogP contribution < -0.4 is 5.32 Å². The van der Waals surface area contributed by atoms with Crippen LogP contribution in [0.1, 0.15) is 11.1 Å². The van der Waals surface area contributed by atoms with Crippen LogP contribution in [0.5, 0.6) is 0 Å². The fraction of sp³-hybridized carbons (Fsp3) is 0.125. The fourth-order valence-electron chi connectivity index (χ4n) is 1.69. The smallest absolute Gasteiger partial charge is 0.0220 e.